The van der Waals surface area contributed by atoms with Gasteiger partial charge >= 0.3 is 6.03 Å². The van der Waals surface area contributed by atoms with Crippen molar-refractivity contribution in [2.45, 2.75) is 20.0 Å². The zero-order chi connectivity index (χ0) is 24.2. The second-order valence-corrected chi connectivity index (χ2v) is 8.87. The van der Waals surface area contributed by atoms with Crippen LogP contribution in [0, 0.1) is 0 Å². The van der Waals surface area contributed by atoms with Crippen molar-refractivity contribution in [3.05, 3.63) is 98.5 Å². The lowest BCUT2D eigenvalue weighted by Gasteiger charge is -2.26. The number of halogens is 2. The molecule has 172 valence electrons. The topological polar surface area (TPSA) is 75.7 Å². The van der Waals surface area contributed by atoms with Crippen molar-refractivity contribution < 1.29 is 19.1 Å². The van der Waals surface area contributed by atoms with Crippen LogP contribution in [0.1, 0.15) is 23.6 Å². The van der Waals surface area contributed by atoms with E-state index in [1.165, 1.54) is 6.08 Å². The van der Waals surface area contributed by atoms with Gasteiger partial charge in [0.05, 0.1) is 10.2 Å². The summed E-state index contributed by atoms with van der Waals surface area (Å²) >= 11 is 9.38. The van der Waals surface area contributed by atoms with Gasteiger partial charge in [0.2, 0.25) is 0 Å². The molecule has 0 saturated carbocycles. The van der Waals surface area contributed by atoms with Crippen molar-refractivity contribution in [1.82, 2.24) is 5.32 Å². The van der Waals surface area contributed by atoms with Gasteiger partial charge in [-0.15, -0.1) is 0 Å². The van der Waals surface area contributed by atoms with E-state index in [0.717, 1.165) is 22.4 Å². The van der Waals surface area contributed by atoms with Crippen LogP contribution in [0.4, 0.5) is 10.5 Å². The van der Waals surface area contributed by atoms with Gasteiger partial charge in [-0.1, -0.05) is 48.9 Å². The van der Waals surface area contributed by atoms with Crippen LogP contribution < -0.4 is 15.0 Å². The quantitative estimate of drug-likeness (QED) is 0.312. The summed E-state index contributed by atoms with van der Waals surface area (Å²) in [4.78, 5) is 38.9. The Balaban J connectivity index is 1.54. The Hall–Kier alpha value is -3.42. The maximum atomic E-state index is 13.1. The molecule has 1 aliphatic heterocycles. The molecule has 6 nitrogen and oxygen atoms in total. The Morgan fingerprint density at radius 3 is 2.29 bits per heavy atom. The lowest BCUT2D eigenvalue weighted by atomic mass is 10.1. The zero-order valence-corrected chi connectivity index (χ0v) is 20.5. The highest BCUT2D eigenvalue weighted by Gasteiger charge is 2.36. The van der Waals surface area contributed by atoms with E-state index in [0.29, 0.717) is 33.1 Å². The van der Waals surface area contributed by atoms with Gasteiger partial charge in [-0.2, -0.15) is 0 Å². The van der Waals surface area contributed by atoms with Gasteiger partial charge in [-0.3, -0.25) is 14.9 Å². The maximum absolute atomic E-state index is 13.1. The minimum Gasteiger partial charge on any atom is -0.488 e. The van der Waals surface area contributed by atoms with Crippen LogP contribution >= 0.6 is 27.5 Å². The summed E-state index contributed by atoms with van der Waals surface area (Å²) in [5, 5.41) is 2.89. The highest BCUT2D eigenvalue weighted by molar-refractivity contribution is 9.10. The van der Waals surface area contributed by atoms with Crippen LogP contribution in [0.25, 0.3) is 6.08 Å². The highest BCUT2D eigenvalue weighted by Crippen LogP contribution is 2.29. The zero-order valence-electron chi connectivity index (χ0n) is 18.2. The number of nitrogens with zero attached hydrogens (tertiary/aromatic N) is 1. The van der Waals surface area contributed by atoms with Crippen molar-refractivity contribution in [2.75, 3.05) is 4.90 Å². The van der Waals surface area contributed by atoms with Gasteiger partial charge in [-0.05, 0) is 81.5 Å². The van der Waals surface area contributed by atoms with Crippen molar-refractivity contribution in [3.63, 3.8) is 0 Å². The first kappa shape index (κ1) is 23.7. The number of urea groups is 1. The number of carbonyl (C=O) groups is 3. The summed E-state index contributed by atoms with van der Waals surface area (Å²) in [6, 6.07) is 18.8. The second kappa shape index (κ2) is 10.2. The monoisotopic (exact) mass is 538 g/mol. The molecule has 0 spiro atoms. The molecule has 4 amide bonds. The molecule has 1 aliphatic rings. The van der Waals surface area contributed by atoms with Gasteiger partial charge in [0.1, 0.15) is 17.9 Å². The Kier molecular flexibility index (Phi) is 7.14. The molecular weight excluding hydrogens is 520 g/mol. The number of imide groups is 2. The van der Waals surface area contributed by atoms with Gasteiger partial charge in [0, 0.05) is 5.02 Å². The van der Waals surface area contributed by atoms with Crippen molar-refractivity contribution in [2.24, 2.45) is 0 Å². The van der Waals surface area contributed by atoms with Crippen LogP contribution in [-0.4, -0.2) is 17.8 Å². The number of aryl methyl sites for hydroxylation is 1. The molecule has 8 heteroatoms. The van der Waals surface area contributed by atoms with Crippen LogP contribution in [-0.2, 0) is 22.6 Å². The number of hydrogen-bond donors (Lipinski definition) is 1. The number of barbiturate groups is 1. The molecule has 1 saturated heterocycles. The number of anilines is 1. The average molecular weight is 540 g/mol. The van der Waals surface area contributed by atoms with E-state index in [4.69, 9.17) is 16.3 Å². The van der Waals surface area contributed by atoms with Crippen LogP contribution in [0.3, 0.4) is 0 Å². The Morgan fingerprint density at radius 1 is 0.971 bits per heavy atom. The fraction of sp³-hybridized carbons (Fsp3) is 0.115. The molecule has 0 radical (unpaired) electrons. The lowest BCUT2D eigenvalue weighted by molar-refractivity contribution is -0.122. The van der Waals surface area contributed by atoms with E-state index in [9.17, 15) is 14.4 Å². The molecule has 4 rings (SSSR count). The van der Waals surface area contributed by atoms with Crippen molar-refractivity contribution in [3.8, 4) is 5.75 Å². The molecule has 3 aromatic carbocycles. The van der Waals surface area contributed by atoms with Crippen LogP contribution in [0.5, 0.6) is 5.75 Å². The summed E-state index contributed by atoms with van der Waals surface area (Å²) in [7, 11) is 0. The standard InChI is InChI=1S/C26H20BrClN2O4/c1-2-16-5-10-20(11-6-16)30-25(32)21(24(31)29-26(30)33)13-18-7-12-23(22(27)14-18)34-15-17-3-8-19(28)9-4-17/h3-14H,2,15H2,1H3,(H,29,31,33)/b21-13-. The normalized spacial score (nSPS) is 15.0. The lowest BCUT2D eigenvalue weighted by Crippen LogP contribution is -2.54. The minimum absolute atomic E-state index is 0.138. The molecule has 0 aliphatic carbocycles. The van der Waals surface area contributed by atoms with E-state index in [2.05, 4.69) is 21.2 Å². The van der Waals surface area contributed by atoms with Crippen molar-refractivity contribution in [1.29, 1.82) is 0 Å². The number of ether oxygens (including phenoxy) is 1. The number of benzene rings is 3. The molecular formula is C26H20BrClN2O4. The highest BCUT2D eigenvalue weighted by atomic mass is 79.9. The SMILES string of the molecule is CCc1ccc(N2C(=O)NC(=O)/C(=C/c3ccc(OCc4ccc(Cl)cc4)c(Br)c3)C2=O)cc1. The fourth-order valence-electron chi connectivity index (χ4n) is 3.40. The van der Waals surface area contributed by atoms with E-state index in [1.807, 2.05) is 31.2 Å². The fourth-order valence-corrected chi connectivity index (χ4v) is 4.04. The molecule has 0 unspecified atom stereocenters. The molecule has 0 bridgehead atoms. The summed E-state index contributed by atoms with van der Waals surface area (Å²) < 4.78 is 6.50. The third-order valence-electron chi connectivity index (χ3n) is 5.28. The van der Waals surface area contributed by atoms with Gasteiger partial charge < -0.3 is 4.74 Å². The molecule has 0 aromatic heterocycles. The summed E-state index contributed by atoms with van der Waals surface area (Å²) in [5.41, 5.74) is 2.89. The van der Waals surface area contributed by atoms with Gasteiger partial charge in [0.15, 0.2) is 0 Å². The van der Waals surface area contributed by atoms with Crippen LogP contribution in [0.2, 0.25) is 5.02 Å². The predicted molar refractivity (Wildman–Crippen MR) is 135 cm³/mol. The third-order valence-corrected chi connectivity index (χ3v) is 6.15. The number of nitrogens with one attached hydrogen (secondary N) is 1. The number of rotatable bonds is 6. The minimum atomic E-state index is -0.775. The summed E-state index contributed by atoms with van der Waals surface area (Å²) in [5.74, 6) is -0.822. The predicted octanol–water partition coefficient (Wildman–Crippen LogP) is 5.91. The van der Waals surface area contributed by atoms with E-state index >= 15 is 0 Å². The number of hydrogen-bond acceptors (Lipinski definition) is 4. The van der Waals surface area contributed by atoms with E-state index in [-0.39, 0.29) is 5.57 Å². The molecule has 3 aromatic rings. The van der Waals surface area contributed by atoms with Crippen molar-refractivity contribution >= 4 is 57.1 Å². The smallest absolute Gasteiger partial charge is 0.335 e. The Bertz CT molecular complexity index is 1290. The van der Waals surface area contributed by atoms with Gasteiger partial charge in [-0.25, -0.2) is 9.69 Å². The number of carbonyl (C=O) groups excluding carboxylic acids is 3. The summed E-state index contributed by atoms with van der Waals surface area (Å²) in [6.07, 6.45) is 2.28. The maximum Gasteiger partial charge on any atom is 0.335 e. The third kappa shape index (κ3) is 5.21. The first-order valence-corrected chi connectivity index (χ1v) is 11.7. The second-order valence-electron chi connectivity index (χ2n) is 7.58. The van der Waals surface area contributed by atoms with Crippen LogP contribution in [0.15, 0.2) is 76.8 Å². The largest absolute Gasteiger partial charge is 0.488 e. The molecule has 1 heterocycles. The molecule has 34 heavy (non-hydrogen) atoms. The molecule has 1 fully saturated rings. The average Bonchev–Trinajstić information content (AvgIpc) is 2.82. The van der Waals surface area contributed by atoms with Gasteiger partial charge in [0.25, 0.3) is 11.8 Å². The molecule has 0 atom stereocenters. The van der Waals surface area contributed by atoms with E-state index < -0.39 is 17.8 Å². The van der Waals surface area contributed by atoms with E-state index in [1.54, 1.807) is 42.5 Å². The first-order valence-electron chi connectivity index (χ1n) is 10.5. The molecule has 1 N–H and O–H groups in total. The first-order chi connectivity index (χ1) is 16.4. The number of amides is 4. The Morgan fingerprint density at radius 2 is 1.65 bits per heavy atom. The Labute approximate surface area is 210 Å². The summed E-state index contributed by atoms with van der Waals surface area (Å²) in [6.45, 7) is 2.37.